The summed E-state index contributed by atoms with van der Waals surface area (Å²) < 4.78 is 5.05. The van der Waals surface area contributed by atoms with Gasteiger partial charge in [0.25, 0.3) is 5.91 Å². The molecule has 2 aromatic rings. The highest BCUT2D eigenvalue weighted by Gasteiger charge is 2.09. The summed E-state index contributed by atoms with van der Waals surface area (Å²) in [6.07, 6.45) is 2.75. The zero-order valence-electron chi connectivity index (χ0n) is 15.2. The van der Waals surface area contributed by atoms with Gasteiger partial charge in [-0.3, -0.25) is 25.2 Å². The third-order valence-corrected chi connectivity index (χ3v) is 3.92. The van der Waals surface area contributed by atoms with E-state index in [1.165, 1.54) is 6.08 Å². The zero-order valence-corrected chi connectivity index (χ0v) is 16.0. The number of benzene rings is 2. The Labute approximate surface area is 167 Å². The van der Waals surface area contributed by atoms with E-state index in [-0.39, 0.29) is 18.7 Å². The number of para-hydroxylation sites is 1. The largest absolute Gasteiger partial charge is 0.497 e. The fraction of sp³-hybridized carbons (Fsp3) is 0.150. The van der Waals surface area contributed by atoms with Gasteiger partial charge in [-0.05, 0) is 35.9 Å². The molecule has 0 spiro atoms. The van der Waals surface area contributed by atoms with Crippen LogP contribution < -0.4 is 20.9 Å². The third-order valence-electron chi connectivity index (χ3n) is 3.60. The summed E-state index contributed by atoms with van der Waals surface area (Å²) in [5, 5.41) is 3.03. The minimum Gasteiger partial charge on any atom is -0.497 e. The lowest BCUT2D eigenvalue weighted by Crippen LogP contribution is -2.41. The Morgan fingerprint density at radius 1 is 0.964 bits per heavy atom. The smallest absolute Gasteiger partial charge is 0.262 e. The minimum absolute atomic E-state index is 0.0470. The lowest BCUT2D eigenvalue weighted by molar-refractivity contribution is -0.128. The highest BCUT2D eigenvalue weighted by molar-refractivity contribution is 6.33. The first-order valence-corrected chi connectivity index (χ1v) is 8.81. The molecule has 0 atom stereocenters. The van der Waals surface area contributed by atoms with Gasteiger partial charge in [-0.15, -0.1) is 0 Å². The standard InChI is InChI=1S/C20H20ClN3O4/c1-28-15-9-6-14(7-10-15)8-11-19(26)23-24-20(27)13-12-18(25)22-17-5-3-2-4-16(17)21/h2-11H,12-13H2,1H3,(H,22,25)(H,23,26)(H,24,27). The van der Waals surface area contributed by atoms with E-state index in [0.29, 0.717) is 16.5 Å². The average molecular weight is 402 g/mol. The maximum Gasteiger partial charge on any atom is 0.262 e. The predicted molar refractivity (Wildman–Crippen MR) is 108 cm³/mol. The summed E-state index contributed by atoms with van der Waals surface area (Å²) in [6.45, 7) is 0. The van der Waals surface area contributed by atoms with Crippen LogP contribution in [-0.2, 0) is 14.4 Å². The van der Waals surface area contributed by atoms with Crippen molar-refractivity contribution in [1.29, 1.82) is 0 Å². The van der Waals surface area contributed by atoms with Crippen LogP contribution in [0.25, 0.3) is 6.08 Å². The van der Waals surface area contributed by atoms with E-state index in [0.717, 1.165) is 5.56 Å². The van der Waals surface area contributed by atoms with Crippen molar-refractivity contribution >= 4 is 41.1 Å². The molecule has 0 saturated carbocycles. The quantitative estimate of drug-likeness (QED) is 0.491. The molecule has 0 radical (unpaired) electrons. The van der Waals surface area contributed by atoms with Crippen LogP contribution >= 0.6 is 11.6 Å². The van der Waals surface area contributed by atoms with Crippen LogP contribution in [-0.4, -0.2) is 24.8 Å². The summed E-state index contributed by atoms with van der Waals surface area (Å²) in [4.78, 5) is 35.3. The highest BCUT2D eigenvalue weighted by atomic mass is 35.5. The number of hydrogen-bond acceptors (Lipinski definition) is 4. The maximum absolute atomic E-state index is 11.9. The zero-order chi connectivity index (χ0) is 20.4. The molecule has 3 amide bonds. The Kier molecular flexibility index (Phi) is 8.05. The average Bonchev–Trinajstić information content (AvgIpc) is 2.71. The maximum atomic E-state index is 11.9. The van der Waals surface area contributed by atoms with Gasteiger partial charge in [0.15, 0.2) is 0 Å². The summed E-state index contributed by atoms with van der Waals surface area (Å²) in [5.41, 5.74) is 5.79. The molecule has 3 N–H and O–H groups in total. The van der Waals surface area contributed by atoms with Crippen LogP contribution in [0.4, 0.5) is 5.69 Å². The molecule has 8 heteroatoms. The number of hydrogen-bond donors (Lipinski definition) is 3. The molecule has 2 aromatic carbocycles. The fourth-order valence-corrected chi connectivity index (χ4v) is 2.31. The molecular formula is C20H20ClN3O4. The van der Waals surface area contributed by atoms with Gasteiger partial charge in [0.2, 0.25) is 11.8 Å². The van der Waals surface area contributed by atoms with Crippen molar-refractivity contribution in [1.82, 2.24) is 10.9 Å². The number of halogens is 1. The molecule has 0 aliphatic carbocycles. The second-order valence-corrected chi connectivity index (χ2v) is 6.08. The summed E-state index contributed by atoms with van der Waals surface area (Å²) in [7, 11) is 1.57. The molecule has 7 nitrogen and oxygen atoms in total. The van der Waals surface area contributed by atoms with E-state index in [9.17, 15) is 14.4 Å². The van der Waals surface area contributed by atoms with Gasteiger partial charge in [-0.25, -0.2) is 0 Å². The van der Waals surface area contributed by atoms with Crippen molar-refractivity contribution < 1.29 is 19.1 Å². The van der Waals surface area contributed by atoms with Gasteiger partial charge >= 0.3 is 0 Å². The van der Waals surface area contributed by atoms with Crippen LogP contribution in [0.1, 0.15) is 18.4 Å². The first-order valence-electron chi connectivity index (χ1n) is 8.43. The van der Waals surface area contributed by atoms with Crippen molar-refractivity contribution in [2.75, 3.05) is 12.4 Å². The first kappa shape index (κ1) is 21.0. The molecule has 28 heavy (non-hydrogen) atoms. The Balaban J connectivity index is 1.69. The SMILES string of the molecule is COc1ccc(C=CC(=O)NNC(=O)CCC(=O)Nc2ccccc2Cl)cc1. The lowest BCUT2D eigenvalue weighted by atomic mass is 10.2. The van der Waals surface area contributed by atoms with Gasteiger partial charge < -0.3 is 10.1 Å². The number of amides is 3. The van der Waals surface area contributed by atoms with Crippen LogP contribution in [0, 0.1) is 0 Å². The topological polar surface area (TPSA) is 96.5 Å². The number of nitrogens with one attached hydrogen (secondary N) is 3. The molecule has 2 rings (SSSR count). The van der Waals surface area contributed by atoms with Gasteiger partial charge in [-0.1, -0.05) is 35.9 Å². The Bertz CT molecular complexity index is 866. The Morgan fingerprint density at radius 2 is 1.64 bits per heavy atom. The van der Waals surface area contributed by atoms with Crippen molar-refractivity contribution in [3.05, 3.63) is 65.2 Å². The van der Waals surface area contributed by atoms with Gasteiger partial charge in [0, 0.05) is 18.9 Å². The van der Waals surface area contributed by atoms with Gasteiger partial charge in [-0.2, -0.15) is 0 Å². The third kappa shape index (κ3) is 7.13. The van der Waals surface area contributed by atoms with Crippen molar-refractivity contribution in [3.63, 3.8) is 0 Å². The lowest BCUT2D eigenvalue weighted by Gasteiger charge is -2.07. The molecule has 146 valence electrons. The number of hydrazine groups is 1. The number of carbonyl (C=O) groups is 3. The van der Waals surface area contributed by atoms with Crippen molar-refractivity contribution in [2.45, 2.75) is 12.8 Å². The molecule has 0 bridgehead atoms. The fourth-order valence-electron chi connectivity index (χ4n) is 2.12. The summed E-state index contributed by atoms with van der Waals surface area (Å²) in [6, 6.07) is 13.9. The number of methoxy groups -OCH3 is 1. The van der Waals surface area contributed by atoms with E-state index in [4.69, 9.17) is 16.3 Å². The molecule has 0 heterocycles. The second-order valence-electron chi connectivity index (χ2n) is 5.67. The molecule has 0 aromatic heterocycles. The molecule has 0 aliphatic heterocycles. The first-order chi connectivity index (χ1) is 13.5. The van der Waals surface area contributed by atoms with Crippen LogP contribution in [0.2, 0.25) is 5.02 Å². The molecular weight excluding hydrogens is 382 g/mol. The normalized spacial score (nSPS) is 10.4. The minimum atomic E-state index is -0.496. The molecule has 0 fully saturated rings. The van der Waals surface area contributed by atoms with E-state index in [1.54, 1.807) is 61.7 Å². The number of carbonyl (C=O) groups excluding carboxylic acids is 3. The van der Waals surface area contributed by atoms with E-state index in [2.05, 4.69) is 16.2 Å². The van der Waals surface area contributed by atoms with Crippen LogP contribution in [0.3, 0.4) is 0 Å². The van der Waals surface area contributed by atoms with E-state index in [1.807, 2.05) is 0 Å². The van der Waals surface area contributed by atoms with Crippen LogP contribution in [0.15, 0.2) is 54.6 Å². The molecule has 0 saturated heterocycles. The van der Waals surface area contributed by atoms with E-state index >= 15 is 0 Å². The van der Waals surface area contributed by atoms with Crippen LogP contribution in [0.5, 0.6) is 5.75 Å². The van der Waals surface area contributed by atoms with Gasteiger partial charge in [0.1, 0.15) is 5.75 Å². The summed E-state index contributed by atoms with van der Waals surface area (Å²) >= 11 is 5.95. The van der Waals surface area contributed by atoms with E-state index < -0.39 is 11.8 Å². The monoisotopic (exact) mass is 401 g/mol. The molecule has 0 aliphatic rings. The highest BCUT2D eigenvalue weighted by Crippen LogP contribution is 2.20. The van der Waals surface area contributed by atoms with Crippen molar-refractivity contribution in [2.24, 2.45) is 0 Å². The number of rotatable bonds is 7. The van der Waals surface area contributed by atoms with Gasteiger partial charge in [0.05, 0.1) is 17.8 Å². The van der Waals surface area contributed by atoms with Crippen molar-refractivity contribution in [3.8, 4) is 5.75 Å². The summed E-state index contributed by atoms with van der Waals surface area (Å²) in [5.74, 6) is -0.619. The Hall–Kier alpha value is -3.32. The Morgan fingerprint density at radius 3 is 2.32 bits per heavy atom. The number of anilines is 1. The number of ether oxygens (including phenoxy) is 1. The predicted octanol–water partition coefficient (Wildman–Crippen LogP) is 2.93. The molecule has 0 unspecified atom stereocenters. The second kappa shape index (κ2) is 10.7.